The average Bonchev–Trinajstić information content (AvgIpc) is 3.26. The van der Waals surface area contributed by atoms with Crippen LogP contribution >= 0.6 is 0 Å². The van der Waals surface area contributed by atoms with Gasteiger partial charge in [-0.15, -0.1) is 0 Å². The summed E-state index contributed by atoms with van der Waals surface area (Å²) in [5.74, 6) is 1.02. The Hall–Kier alpha value is -4.06. The fraction of sp³-hybridized carbons (Fsp3) is 0.214. The van der Waals surface area contributed by atoms with Gasteiger partial charge in [0, 0.05) is 22.2 Å². The molecular formula is C28H27N3O3. The minimum absolute atomic E-state index is 0.237. The SMILES string of the molecule is COc1cc(/C=N\NC(=O)c2ccc3[nH]c4c(c3c2)CCCC4)ccc1OCc1ccccc1. The van der Waals surface area contributed by atoms with E-state index in [0.717, 1.165) is 34.9 Å². The van der Waals surface area contributed by atoms with E-state index in [4.69, 9.17) is 9.47 Å². The van der Waals surface area contributed by atoms with E-state index in [-0.39, 0.29) is 5.91 Å². The zero-order chi connectivity index (χ0) is 23.3. The highest BCUT2D eigenvalue weighted by Crippen LogP contribution is 2.30. The van der Waals surface area contributed by atoms with Crippen LogP contribution in [0.2, 0.25) is 0 Å². The molecule has 1 aromatic heterocycles. The maximum Gasteiger partial charge on any atom is 0.271 e. The molecule has 5 rings (SSSR count). The van der Waals surface area contributed by atoms with Crippen molar-refractivity contribution in [2.75, 3.05) is 7.11 Å². The standard InChI is InChI=1S/C28H27N3O3/c1-33-27-15-20(11-14-26(27)34-18-19-7-3-2-4-8-19)17-29-31-28(32)21-12-13-25-23(16-21)22-9-5-6-10-24(22)30-25/h2-4,7-8,11-17,30H,5-6,9-10,18H2,1H3,(H,31,32)/b29-17-. The topological polar surface area (TPSA) is 75.7 Å². The number of carbonyl (C=O) groups is 1. The lowest BCUT2D eigenvalue weighted by atomic mass is 9.95. The van der Waals surface area contributed by atoms with E-state index >= 15 is 0 Å². The highest BCUT2D eigenvalue weighted by molar-refractivity contribution is 5.99. The Kier molecular flexibility index (Phi) is 6.29. The number of hydrogen-bond acceptors (Lipinski definition) is 4. The van der Waals surface area contributed by atoms with E-state index in [1.54, 1.807) is 13.3 Å². The van der Waals surface area contributed by atoms with Crippen molar-refractivity contribution in [3.8, 4) is 11.5 Å². The van der Waals surface area contributed by atoms with Crippen molar-refractivity contribution < 1.29 is 14.3 Å². The van der Waals surface area contributed by atoms with Crippen LogP contribution in [0, 0.1) is 0 Å². The fourth-order valence-corrected chi connectivity index (χ4v) is 4.40. The molecule has 4 aromatic rings. The van der Waals surface area contributed by atoms with Crippen molar-refractivity contribution in [3.05, 3.63) is 94.7 Å². The second kappa shape index (κ2) is 9.83. The van der Waals surface area contributed by atoms with Crippen LogP contribution in [-0.4, -0.2) is 24.2 Å². The van der Waals surface area contributed by atoms with E-state index in [0.29, 0.717) is 23.7 Å². The second-order valence-electron chi connectivity index (χ2n) is 8.43. The molecule has 0 atom stereocenters. The number of H-pyrrole nitrogens is 1. The van der Waals surface area contributed by atoms with Crippen molar-refractivity contribution in [2.24, 2.45) is 5.10 Å². The van der Waals surface area contributed by atoms with Crippen molar-refractivity contribution in [3.63, 3.8) is 0 Å². The van der Waals surface area contributed by atoms with Gasteiger partial charge in [0.05, 0.1) is 13.3 Å². The monoisotopic (exact) mass is 453 g/mol. The average molecular weight is 454 g/mol. The summed E-state index contributed by atoms with van der Waals surface area (Å²) in [6.07, 6.45) is 6.14. The zero-order valence-corrected chi connectivity index (χ0v) is 19.1. The number of nitrogens with zero attached hydrogens (tertiary/aromatic N) is 1. The van der Waals surface area contributed by atoms with E-state index in [2.05, 4.69) is 15.5 Å². The van der Waals surface area contributed by atoms with Crippen LogP contribution in [0.1, 0.15) is 45.6 Å². The first kappa shape index (κ1) is 21.8. The van der Waals surface area contributed by atoms with Gasteiger partial charge in [-0.2, -0.15) is 5.10 Å². The third kappa shape index (κ3) is 4.66. The van der Waals surface area contributed by atoms with E-state index in [1.165, 1.54) is 24.1 Å². The summed E-state index contributed by atoms with van der Waals surface area (Å²) in [6, 6.07) is 21.3. The number of aromatic amines is 1. The number of ether oxygens (including phenoxy) is 2. The number of amides is 1. The Morgan fingerprint density at radius 1 is 1.03 bits per heavy atom. The molecule has 1 aliphatic carbocycles. The molecule has 2 N–H and O–H groups in total. The van der Waals surface area contributed by atoms with Gasteiger partial charge in [0.25, 0.3) is 5.91 Å². The Bertz CT molecular complexity index is 1340. The molecule has 1 amide bonds. The summed E-state index contributed by atoms with van der Waals surface area (Å²) in [5.41, 5.74) is 8.85. The smallest absolute Gasteiger partial charge is 0.271 e. The number of hydrogen-bond donors (Lipinski definition) is 2. The highest BCUT2D eigenvalue weighted by Gasteiger charge is 2.16. The minimum atomic E-state index is -0.237. The predicted molar refractivity (Wildman–Crippen MR) is 134 cm³/mol. The van der Waals surface area contributed by atoms with Gasteiger partial charge >= 0.3 is 0 Å². The first-order chi connectivity index (χ1) is 16.7. The summed E-state index contributed by atoms with van der Waals surface area (Å²) in [6.45, 7) is 0.454. The molecule has 1 heterocycles. The van der Waals surface area contributed by atoms with Crippen LogP contribution in [0.4, 0.5) is 0 Å². The summed E-state index contributed by atoms with van der Waals surface area (Å²) < 4.78 is 11.4. The lowest BCUT2D eigenvalue weighted by molar-refractivity contribution is 0.0955. The predicted octanol–water partition coefficient (Wildman–Crippen LogP) is 5.40. The first-order valence-electron chi connectivity index (χ1n) is 11.5. The molecule has 0 unspecified atom stereocenters. The fourth-order valence-electron chi connectivity index (χ4n) is 4.40. The number of aromatic nitrogens is 1. The van der Waals surface area contributed by atoms with Gasteiger partial charge in [-0.3, -0.25) is 4.79 Å². The van der Waals surface area contributed by atoms with Gasteiger partial charge in [0.15, 0.2) is 11.5 Å². The van der Waals surface area contributed by atoms with Crippen LogP contribution in [-0.2, 0) is 19.4 Å². The molecule has 0 spiro atoms. The normalized spacial score (nSPS) is 13.1. The third-order valence-electron chi connectivity index (χ3n) is 6.16. The van der Waals surface area contributed by atoms with E-state index in [9.17, 15) is 4.79 Å². The first-order valence-corrected chi connectivity index (χ1v) is 11.5. The third-order valence-corrected chi connectivity index (χ3v) is 6.16. The minimum Gasteiger partial charge on any atom is -0.493 e. The Morgan fingerprint density at radius 2 is 1.88 bits per heavy atom. The highest BCUT2D eigenvalue weighted by atomic mass is 16.5. The Labute approximate surface area is 198 Å². The number of aryl methyl sites for hydroxylation is 2. The van der Waals surface area contributed by atoms with Gasteiger partial charge in [-0.1, -0.05) is 30.3 Å². The lowest BCUT2D eigenvalue weighted by Gasteiger charge is -2.11. The van der Waals surface area contributed by atoms with Gasteiger partial charge in [-0.05, 0) is 78.8 Å². The molecule has 0 fully saturated rings. The summed E-state index contributed by atoms with van der Waals surface area (Å²) in [5, 5.41) is 5.28. The molecule has 6 heteroatoms. The van der Waals surface area contributed by atoms with Crippen molar-refractivity contribution in [1.82, 2.24) is 10.4 Å². The van der Waals surface area contributed by atoms with Crippen LogP contribution < -0.4 is 14.9 Å². The summed E-state index contributed by atoms with van der Waals surface area (Å²) in [4.78, 5) is 16.2. The van der Waals surface area contributed by atoms with Crippen molar-refractivity contribution in [1.29, 1.82) is 0 Å². The van der Waals surface area contributed by atoms with Gasteiger partial charge < -0.3 is 14.5 Å². The molecule has 6 nitrogen and oxygen atoms in total. The van der Waals surface area contributed by atoms with Crippen molar-refractivity contribution in [2.45, 2.75) is 32.3 Å². The molecule has 1 aliphatic rings. The van der Waals surface area contributed by atoms with Crippen LogP contribution in [0.15, 0.2) is 71.8 Å². The number of rotatable bonds is 7. The van der Waals surface area contributed by atoms with E-state index in [1.807, 2.05) is 66.7 Å². The number of hydrazone groups is 1. The maximum absolute atomic E-state index is 12.7. The molecule has 0 bridgehead atoms. The summed E-state index contributed by atoms with van der Waals surface area (Å²) >= 11 is 0. The molecule has 0 aliphatic heterocycles. The zero-order valence-electron chi connectivity index (χ0n) is 19.1. The van der Waals surface area contributed by atoms with Crippen molar-refractivity contribution >= 4 is 23.0 Å². The van der Waals surface area contributed by atoms with Crippen LogP contribution in [0.5, 0.6) is 11.5 Å². The Balaban J connectivity index is 1.24. The number of fused-ring (bicyclic) bond motifs is 3. The van der Waals surface area contributed by atoms with Gasteiger partial charge in [0.1, 0.15) is 6.61 Å². The molecule has 0 radical (unpaired) electrons. The maximum atomic E-state index is 12.7. The van der Waals surface area contributed by atoms with Gasteiger partial charge in [0.2, 0.25) is 0 Å². The molecule has 172 valence electrons. The van der Waals surface area contributed by atoms with Gasteiger partial charge in [-0.25, -0.2) is 5.43 Å². The number of carbonyl (C=O) groups excluding carboxylic acids is 1. The van der Waals surface area contributed by atoms with Crippen LogP contribution in [0.3, 0.4) is 0 Å². The molecular weight excluding hydrogens is 426 g/mol. The number of nitrogens with one attached hydrogen (secondary N) is 2. The second-order valence-corrected chi connectivity index (χ2v) is 8.43. The summed E-state index contributed by atoms with van der Waals surface area (Å²) in [7, 11) is 1.60. The number of benzene rings is 3. The Morgan fingerprint density at radius 3 is 2.74 bits per heavy atom. The molecule has 0 saturated heterocycles. The number of methoxy groups -OCH3 is 1. The molecule has 0 saturated carbocycles. The quantitative estimate of drug-likeness (QED) is 0.291. The molecule has 34 heavy (non-hydrogen) atoms. The van der Waals surface area contributed by atoms with Crippen LogP contribution in [0.25, 0.3) is 10.9 Å². The molecule has 3 aromatic carbocycles. The lowest BCUT2D eigenvalue weighted by Crippen LogP contribution is -2.17. The largest absolute Gasteiger partial charge is 0.493 e. The van der Waals surface area contributed by atoms with E-state index < -0.39 is 0 Å².